The first-order chi connectivity index (χ1) is 41.0. The van der Waals surface area contributed by atoms with Crippen LogP contribution in [0.4, 0.5) is 0 Å². The van der Waals surface area contributed by atoms with E-state index < -0.39 is 0 Å². The van der Waals surface area contributed by atoms with Crippen molar-refractivity contribution in [3.8, 4) is 5.69 Å². The molecule has 0 unspecified atom stereocenters. The number of hydrogen-bond donors (Lipinski definition) is 0. The van der Waals surface area contributed by atoms with E-state index in [1.54, 1.807) is 24.3 Å². The maximum absolute atomic E-state index is 11.7. The molecule has 0 atom stereocenters. The van der Waals surface area contributed by atoms with E-state index in [4.69, 9.17) is 16.3 Å². The van der Waals surface area contributed by atoms with Gasteiger partial charge in [-0.05, 0) is 212 Å². The van der Waals surface area contributed by atoms with Crippen molar-refractivity contribution in [3.63, 3.8) is 0 Å². The van der Waals surface area contributed by atoms with Gasteiger partial charge in [-0.2, -0.15) is 4.68 Å². The number of carbonyl (C=O) groups excluding carboxylic acids is 1. The van der Waals surface area contributed by atoms with Gasteiger partial charge in [-0.15, -0.1) is 5.10 Å². The molecule has 1 aromatic heterocycles. The fraction of sp³-hybridized carbons (Fsp3) is 0.718. The second kappa shape index (κ2) is 48.1. The molecule has 3 heterocycles. The number of aromatic nitrogens is 4. The molecule has 9 heteroatoms. The maximum atomic E-state index is 11.7. The highest BCUT2D eigenvalue weighted by atomic mass is 35.5. The van der Waals surface area contributed by atoms with Crippen LogP contribution in [0.15, 0.2) is 85.2 Å². The number of ether oxygens (including phenoxy) is 1. The van der Waals surface area contributed by atoms with Gasteiger partial charge in [0.05, 0.1) is 17.9 Å². The minimum atomic E-state index is 0. The average Bonchev–Trinajstić information content (AvgIpc) is 4.31. The van der Waals surface area contributed by atoms with Crippen LogP contribution in [0.25, 0.3) is 11.8 Å². The Morgan fingerprint density at radius 1 is 0.575 bits per heavy atom. The SMILES string of the molecule is C.CC(C)C1CCCCC1.CC(C)C1CCCCC1.CC(C)CC(=O)/C=C/c1cc(Cl)ccc1-n1cnnn1.CC(C)N1CCCCC1.CC(C)OC1CCCCC1.CC(C)c1ccccc1.CC1CCN(C(C)C)CC1.Cc1ccc(C(C)C)cc1. The Balaban J connectivity index is 0.000000507. The third-order valence-corrected chi connectivity index (χ3v) is 18.0. The number of nitrogens with zero attached hydrogens (tertiary/aromatic N) is 6. The van der Waals surface area contributed by atoms with Crippen molar-refractivity contribution in [2.24, 2.45) is 35.5 Å². The predicted octanol–water partition coefficient (Wildman–Crippen LogP) is 22.7. The van der Waals surface area contributed by atoms with Crippen molar-refractivity contribution in [2.75, 3.05) is 26.2 Å². The van der Waals surface area contributed by atoms with Crippen LogP contribution < -0.4 is 0 Å². The lowest BCUT2D eigenvalue weighted by molar-refractivity contribution is -0.115. The van der Waals surface area contributed by atoms with Gasteiger partial charge in [-0.25, -0.2) is 0 Å². The number of ketones is 1. The highest BCUT2D eigenvalue weighted by Crippen LogP contribution is 2.30. The molecule has 2 aliphatic heterocycles. The van der Waals surface area contributed by atoms with Crippen LogP contribution in [0.3, 0.4) is 0 Å². The normalized spacial score (nSPS) is 17.3. The maximum Gasteiger partial charge on any atom is 0.155 e. The van der Waals surface area contributed by atoms with Crippen LogP contribution in [0.1, 0.15) is 294 Å². The molecule has 0 spiro atoms. The number of likely N-dealkylation sites (tertiary alicyclic amines) is 2. The molecule has 87 heavy (non-hydrogen) atoms. The van der Waals surface area contributed by atoms with Crippen LogP contribution in [0.2, 0.25) is 5.02 Å². The third-order valence-electron chi connectivity index (χ3n) is 17.7. The number of tetrazole rings is 1. The molecule has 0 radical (unpaired) electrons. The molecule has 5 fully saturated rings. The lowest BCUT2D eigenvalue weighted by Gasteiger charge is -2.33. The monoisotopic (exact) mass is 1220 g/mol. The van der Waals surface area contributed by atoms with Crippen LogP contribution >= 0.6 is 11.6 Å². The zero-order valence-corrected chi connectivity index (χ0v) is 59.4. The van der Waals surface area contributed by atoms with Crippen molar-refractivity contribution in [1.29, 1.82) is 0 Å². The van der Waals surface area contributed by atoms with Crippen molar-refractivity contribution in [3.05, 3.63) is 112 Å². The number of hydrogen-bond acceptors (Lipinski definition) is 7. The van der Waals surface area contributed by atoms with E-state index in [9.17, 15) is 4.79 Å². The summed E-state index contributed by atoms with van der Waals surface area (Å²) < 4.78 is 7.22. The van der Waals surface area contributed by atoms with Gasteiger partial charge >= 0.3 is 0 Å². The number of allylic oxidation sites excluding steroid dienone is 1. The van der Waals surface area contributed by atoms with Crippen molar-refractivity contribution >= 4 is 23.5 Å². The Hall–Kier alpha value is -3.69. The molecule has 9 rings (SSSR count). The fourth-order valence-corrected chi connectivity index (χ4v) is 11.9. The summed E-state index contributed by atoms with van der Waals surface area (Å²) in [6.07, 6.45) is 35.1. The van der Waals surface area contributed by atoms with Crippen LogP contribution in [0.5, 0.6) is 0 Å². The number of carbonyl (C=O) groups is 1. The minimum Gasteiger partial charge on any atom is -0.376 e. The van der Waals surface area contributed by atoms with Crippen molar-refractivity contribution in [2.45, 2.75) is 303 Å². The number of halogens is 1. The quantitative estimate of drug-likeness (QED) is 0.123. The molecular formula is C78H135ClN6O2. The van der Waals surface area contributed by atoms with Crippen LogP contribution in [-0.4, -0.2) is 86.3 Å². The van der Waals surface area contributed by atoms with Gasteiger partial charge in [0.1, 0.15) is 6.33 Å². The molecular weight excluding hydrogens is 1090 g/mol. The van der Waals surface area contributed by atoms with Gasteiger partial charge in [0.25, 0.3) is 0 Å². The van der Waals surface area contributed by atoms with Crippen molar-refractivity contribution in [1.82, 2.24) is 30.0 Å². The van der Waals surface area contributed by atoms with E-state index in [0.29, 0.717) is 41.4 Å². The standard InChI is InChI=1S/C14H15ClN4O.C10H14.C9H19N.C9H18O.2C9H18.C9H12.C8H17N.CH4/c1-10(2)7-13(20)5-3-11-8-12(15)4-6-14(11)19-9-16-17-18-19;2*1-8(2)10-6-4-9(3)5-7-10;1-8(2)10-9-6-4-3-5-7-9;4*1-8(2)9-6-4-3-5-7-9;/h3-6,8-10H,7H2,1-2H3;4-8H,1-3H3;8-9H,4-7H2,1-3H3;8-9H,3-7H2,1-2H3;2*8-9H,3-7H2,1-2H3;3-8H,1-2H3;8H,3-7H2,1-2H3;1H4/b5-3+;;;;;;;;. The van der Waals surface area contributed by atoms with Crippen LogP contribution in [0, 0.1) is 42.4 Å². The lowest BCUT2D eigenvalue weighted by Crippen LogP contribution is -2.37. The number of piperidine rings is 2. The molecule has 3 aromatic carbocycles. The molecule has 0 amide bonds. The molecule has 3 aliphatic carbocycles. The summed E-state index contributed by atoms with van der Waals surface area (Å²) in [6.45, 7) is 45.4. The summed E-state index contributed by atoms with van der Waals surface area (Å²) in [4.78, 5) is 16.9. The topological polar surface area (TPSA) is 76.4 Å². The highest BCUT2D eigenvalue weighted by molar-refractivity contribution is 6.30. The van der Waals surface area contributed by atoms with E-state index in [-0.39, 0.29) is 13.2 Å². The van der Waals surface area contributed by atoms with Gasteiger partial charge in [-0.3, -0.25) is 4.79 Å². The van der Waals surface area contributed by atoms with Gasteiger partial charge in [-0.1, -0.05) is 245 Å². The number of rotatable bonds is 13. The Kier molecular flexibility index (Phi) is 45.0. The fourth-order valence-electron chi connectivity index (χ4n) is 11.7. The molecule has 5 aliphatic rings. The Labute approximate surface area is 543 Å². The van der Waals surface area contributed by atoms with E-state index in [1.807, 2.05) is 26.0 Å². The Bertz CT molecular complexity index is 2190. The molecule has 0 N–H and O–H groups in total. The van der Waals surface area contributed by atoms with Gasteiger partial charge < -0.3 is 14.5 Å². The molecule has 496 valence electrons. The first-order valence-electron chi connectivity index (χ1n) is 35.0. The van der Waals surface area contributed by atoms with Crippen LogP contribution in [-0.2, 0) is 9.53 Å². The van der Waals surface area contributed by atoms with Gasteiger partial charge in [0, 0.05) is 29.1 Å². The van der Waals surface area contributed by atoms with Gasteiger partial charge in [0.2, 0.25) is 0 Å². The summed E-state index contributed by atoms with van der Waals surface area (Å²) in [6, 6.07) is 26.1. The highest BCUT2D eigenvalue weighted by Gasteiger charge is 2.19. The third kappa shape index (κ3) is 38.6. The van der Waals surface area contributed by atoms with E-state index in [2.05, 4.69) is 185 Å². The minimum absolute atomic E-state index is 0. The Morgan fingerprint density at radius 3 is 1.43 bits per heavy atom. The zero-order valence-electron chi connectivity index (χ0n) is 58.6. The molecule has 4 aromatic rings. The summed E-state index contributed by atoms with van der Waals surface area (Å²) in [5, 5.41) is 11.7. The molecule has 8 nitrogen and oxygen atoms in total. The second-order valence-electron chi connectivity index (χ2n) is 28.2. The first kappa shape index (κ1) is 81.3. The Morgan fingerprint density at radius 2 is 1.03 bits per heavy atom. The molecule has 3 saturated carbocycles. The zero-order chi connectivity index (χ0) is 63.8. The van der Waals surface area contributed by atoms with E-state index in [0.717, 1.165) is 52.9 Å². The summed E-state index contributed by atoms with van der Waals surface area (Å²) in [7, 11) is 0. The number of aryl methyl sites for hydroxylation is 1. The molecule has 0 bridgehead atoms. The van der Waals surface area contributed by atoms with E-state index in [1.165, 1.54) is 182 Å². The van der Waals surface area contributed by atoms with E-state index >= 15 is 0 Å². The largest absolute Gasteiger partial charge is 0.376 e. The predicted molar refractivity (Wildman–Crippen MR) is 382 cm³/mol. The van der Waals surface area contributed by atoms with Crippen molar-refractivity contribution < 1.29 is 9.53 Å². The smallest absolute Gasteiger partial charge is 0.155 e. The first-order valence-corrected chi connectivity index (χ1v) is 35.3. The molecule has 2 saturated heterocycles. The number of benzene rings is 3. The second-order valence-corrected chi connectivity index (χ2v) is 28.7. The summed E-state index contributed by atoms with van der Waals surface area (Å²) in [5.41, 5.74) is 5.74. The lowest BCUT2D eigenvalue weighted by atomic mass is 9.82. The summed E-state index contributed by atoms with van der Waals surface area (Å²) in [5.74, 6) is 6.68. The van der Waals surface area contributed by atoms with Gasteiger partial charge in [0.15, 0.2) is 5.78 Å². The summed E-state index contributed by atoms with van der Waals surface area (Å²) >= 11 is 6.00. The average molecular weight is 1220 g/mol.